The quantitative estimate of drug-likeness (QED) is 0.816. The summed E-state index contributed by atoms with van der Waals surface area (Å²) in [6, 6.07) is 9.41. The molecule has 0 saturated carbocycles. The number of carbonyl (C=O) groups is 1. The largest absolute Gasteiger partial charge is 0.311 e. The van der Waals surface area contributed by atoms with Crippen molar-refractivity contribution in [3.63, 3.8) is 0 Å². The van der Waals surface area contributed by atoms with Gasteiger partial charge in [-0.1, -0.05) is 0 Å². The molecule has 0 aromatic heterocycles. The van der Waals surface area contributed by atoms with Gasteiger partial charge in [0.1, 0.15) is 0 Å². The summed E-state index contributed by atoms with van der Waals surface area (Å²) < 4.78 is 0. The maximum absolute atomic E-state index is 12.2. The first-order chi connectivity index (χ1) is 8.61. The van der Waals surface area contributed by atoms with Gasteiger partial charge in [0.25, 0.3) is 0 Å². The number of amides is 1. The lowest BCUT2D eigenvalue weighted by atomic mass is 10.2. The van der Waals surface area contributed by atoms with E-state index in [1.807, 2.05) is 19.1 Å². The number of rotatable bonds is 1. The molecule has 0 aliphatic carbocycles. The highest BCUT2D eigenvalue weighted by molar-refractivity contribution is 5.97. The van der Waals surface area contributed by atoms with Crippen LogP contribution in [0.4, 0.5) is 5.69 Å². The van der Waals surface area contributed by atoms with Gasteiger partial charge in [0, 0.05) is 18.3 Å². The van der Waals surface area contributed by atoms with E-state index in [9.17, 15) is 4.79 Å². The minimum atomic E-state index is -0.168. The van der Waals surface area contributed by atoms with Crippen LogP contribution < -0.4 is 10.2 Å². The Kier molecular flexibility index (Phi) is 3.63. The van der Waals surface area contributed by atoms with E-state index >= 15 is 0 Å². The molecule has 1 N–H and O–H groups in total. The van der Waals surface area contributed by atoms with Crippen molar-refractivity contribution in [2.75, 3.05) is 11.4 Å². The lowest BCUT2D eigenvalue weighted by Gasteiger charge is -2.22. The van der Waals surface area contributed by atoms with Crippen LogP contribution in [0, 0.1) is 11.3 Å². The van der Waals surface area contributed by atoms with Gasteiger partial charge in [0.2, 0.25) is 5.91 Å². The summed E-state index contributed by atoms with van der Waals surface area (Å²) in [6.45, 7) is 4.69. The molecule has 4 heteroatoms. The van der Waals surface area contributed by atoms with E-state index in [1.54, 1.807) is 17.0 Å². The molecule has 1 saturated heterocycles. The predicted octanol–water partition coefficient (Wildman–Crippen LogP) is 1.66. The zero-order valence-corrected chi connectivity index (χ0v) is 10.7. The third kappa shape index (κ3) is 2.52. The van der Waals surface area contributed by atoms with Crippen molar-refractivity contribution in [1.82, 2.24) is 5.32 Å². The van der Waals surface area contributed by atoms with Gasteiger partial charge in [0.15, 0.2) is 0 Å². The molecule has 4 nitrogen and oxygen atoms in total. The van der Waals surface area contributed by atoms with Gasteiger partial charge in [-0.2, -0.15) is 5.26 Å². The average Bonchev–Trinajstić information content (AvgIpc) is 2.50. The molecular formula is C14H17N3O. The average molecular weight is 243 g/mol. The zero-order chi connectivity index (χ0) is 13.1. The fraction of sp³-hybridized carbons (Fsp3) is 0.429. The predicted molar refractivity (Wildman–Crippen MR) is 70.2 cm³/mol. The standard InChI is InChI=1S/C14H17N3O/c1-10-7-8-17(14(18)11(2)16-10)13-5-3-12(9-15)4-6-13/h3-6,10-11,16H,7-8H2,1-2H3. The molecule has 0 radical (unpaired) electrons. The van der Waals surface area contributed by atoms with Crippen LogP contribution in [0.2, 0.25) is 0 Å². The van der Waals surface area contributed by atoms with Crippen molar-refractivity contribution in [3.05, 3.63) is 29.8 Å². The molecule has 18 heavy (non-hydrogen) atoms. The number of nitrogens with one attached hydrogen (secondary N) is 1. The maximum atomic E-state index is 12.2. The molecule has 0 bridgehead atoms. The highest BCUT2D eigenvalue weighted by Crippen LogP contribution is 2.19. The summed E-state index contributed by atoms with van der Waals surface area (Å²) in [5.41, 5.74) is 1.47. The topological polar surface area (TPSA) is 56.1 Å². The minimum absolute atomic E-state index is 0.0871. The molecule has 1 heterocycles. The maximum Gasteiger partial charge on any atom is 0.243 e. The second-order valence-corrected chi connectivity index (χ2v) is 4.73. The Balaban J connectivity index is 2.25. The van der Waals surface area contributed by atoms with Crippen molar-refractivity contribution < 1.29 is 4.79 Å². The van der Waals surface area contributed by atoms with Crippen molar-refractivity contribution in [2.45, 2.75) is 32.4 Å². The molecule has 1 aromatic carbocycles. The first-order valence-corrected chi connectivity index (χ1v) is 6.19. The molecule has 1 fully saturated rings. The van der Waals surface area contributed by atoms with Crippen LogP contribution in [-0.2, 0) is 4.79 Å². The van der Waals surface area contributed by atoms with E-state index in [0.29, 0.717) is 18.2 Å². The number of hydrogen-bond donors (Lipinski definition) is 1. The lowest BCUT2D eigenvalue weighted by molar-refractivity contribution is -0.119. The number of hydrogen-bond acceptors (Lipinski definition) is 3. The molecular weight excluding hydrogens is 226 g/mol. The Labute approximate surface area is 107 Å². The number of anilines is 1. The fourth-order valence-electron chi connectivity index (χ4n) is 2.22. The van der Waals surface area contributed by atoms with Gasteiger partial charge < -0.3 is 10.2 Å². The molecule has 0 spiro atoms. The van der Waals surface area contributed by atoms with Crippen LogP contribution in [-0.4, -0.2) is 24.5 Å². The van der Waals surface area contributed by atoms with Crippen LogP contribution in [0.5, 0.6) is 0 Å². The second-order valence-electron chi connectivity index (χ2n) is 4.73. The Morgan fingerprint density at radius 1 is 1.33 bits per heavy atom. The monoisotopic (exact) mass is 243 g/mol. The van der Waals surface area contributed by atoms with Crippen LogP contribution in [0.3, 0.4) is 0 Å². The summed E-state index contributed by atoms with van der Waals surface area (Å²) in [7, 11) is 0. The number of nitrogens with zero attached hydrogens (tertiary/aromatic N) is 2. The summed E-state index contributed by atoms with van der Waals surface area (Å²) in [4.78, 5) is 14.0. The highest BCUT2D eigenvalue weighted by atomic mass is 16.2. The van der Waals surface area contributed by atoms with E-state index in [2.05, 4.69) is 18.3 Å². The Hall–Kier alpha value is -1.86. The third-order valence-electron chi connectivity index (χ3n) is 3.26. The Morgan fingerprint density at radius 3 is 2.61 bits per heavy atom. The second kappa shape index (κ2) is 5.19. The number of benzene rings is 1. The van der Waals surface area contributed by atoms with Gasteiger partial charge >= 0.3 is 0 Å². The van der Waals surface area contributed by atoms with E-state index in [-0.39, 0.29) is 11.9 Å². The summed E-state index contributed by atoms with van der Waals surface area (Å²) in [6.07, 6.45) is 0.927. The zero-order valence-electron chi connectivity index (χ0n) is 10.7. The van der Waals surface area contributed by atoms with Crippen molar-refractivity contribution >= 4 is 11.6 Å². The van der Waals surface area contributed by atoms with E-state index in [0.717, 1.165) is 12.1 Å². The van der Waals surface area contributed by atoms with Gasteiger partial charge in [-0.3, -0.25) is 4.79 Å². The summed E-state index contributed by atoms with van der Waals surface area (Å²) >= 11 is 0. The van der Waals surface area contributed by atoms with Gasteiger partial charge in [-0.15, -0.1) is 0 Å². The molecule has 2 unspecified atom stereocenters. The lowest BCUT2D eigenvalue weighted by Crippen LogP contribution is -2.43. The minimum Gasteiger partial charge on any atom is -0.311 e. The van der Waals surface area contributed by atoms with Crippen molar-refractivity contribution in [2.24, 2.45) is 0 Å². The first kappa shape index (κ1) is 12.6. The number of carbonyl (C=O) groups excluding carboxylic acids is 1. The molecule has 1 aliphatic heterocycles. The molecule has 2 atom stereocenters. The van der Waals surface area contributed by atoms with E-state index in [1.165, 1.54) is 0 Å². The van der Waals surface area contributed by atoms with E-state index < -0.39 is 0 Å². The highest BCUT2D eigenvalue weighted by Gasteiger charge is 2.26. The van der Waals surface area contributed by atoms with Crippen molar-refractivity contribution in [3.8, 4) is 6.07 Å². The third-order valence-corrected chi connectivity index (χ3v) is 3.26. The summed E-state index contributed by atoms with van der Waals surface area (Å²) in [5, 5.41) is 12.0. The van der Waals surface area contributed by atoms with E-state index in [4.69, 9.17) is 5.26 Å². The Morgan fingerprint density at radius 2 is 2.00 bits per heavy atom. The normalized spacial score (nSPS) is 24.5. The SMILES string of the molecule is CC1CCN(c2ccc(C#N)cc2)C(=O)C(C)N1. The van der Waals surface area contributed by atoms with Crippen LogP contribution >= 0.6 is 0 Å². The Bertz CT molecular complexity index is 475. The van der Waals surface area contributed by atoms with Crippen LogP contribution in [0.25, 0.3) is 0 Å². The smallest absolute Gasteiger partial charge is 0.243 e. The molecule has 94 valence electrons. The van der Waals surface area contributed by atoms with Gasteiger partial charge in [-0.25, -0.2) is 0 Å². The van der Waals surface area contributed by atoms with Crippen LogP contribution in [0.1, 0.15) is 25.8 Å². The molecule has 2 rings (SSSR count). The first-order valence-electron chi connectivity index (χ1n) is 6.19. The van der Waals surface area contributed by atoms with Crippen LogP contribution in [0.15, 0.2) is 24.3 Å². The molecule has 1 amide bonds. The molecule has 1 aliphatic rings. The molecule has 1 aromatic rings. The van der Waals surface area contributed by atoms with Crippen molar-refractivity contribution in [1.29, 1.82) is 5.26 Å². The fourth-order valence-corrected chi connectivity index (χ4v) is 2.22. The number of nitriles is 1. The summed E-state index contributed by atoms with van der Waals surface area (Å²) in [5.74, 6) is 0.0871. The van der Waals surface area contributed by atoms with Gasteiger partial charge in [-0.05, 0) is 44.5 Å². The van der Waals surface area contributed by atoms with Gasteiger partial charge in [0.05, 0.1) is 17.7 Å².